The minimum absolute atomic E-state index is 0.0931. The summed E-state index contributed by atoms with van der Waals surface area (Å²) < 4.78 is 6.97. The van der Waals surface area contributed by atoms with Gasteiger partial charge in [-0.3, -0.25) is 14.4 Å². The Balaban J connectivity index is 1.65. The van der Waals surface area contributed by atoms with Gasteiger partial charge in [-0.2, -0.15) is 0 Å². The lowest BCUT2D eigenvalue weighted by Crippen LogP contribution is -2.45. The molecule has 0 aliphatic carbocycles. The standard InChI is InChI=1S/C27H27IN2O4/c1-18(27(33)30(3)22-9-5-4-6-10-22)29-26(32)23-11-7-8-12-25(23)34-19(2)24(31)17-20-13-15-21(28)16-14-20/h4-16,18-19H,17H2,1-3H3,(H,29,32)/t18-,19+/m1/s1. The summed E-state index contributed by atoms with van der Waals surface area (Å²) in [6, 6.07) is 22.9. The Morgan fingerprint density at radius 1 is 0.912 bits per heavy atom. The molecule has 3 aromatic carbocycles. The van der Waals surface area contributed by atoms with E-state index in [-0.39, 0.29) is 23.7 Å². The van der Waals surface area contributed by atoms with Gasteiger partial charge in [0.2, 0.25) is 5.91 Å². The highest BCUT2D eigenvalue weighted by Crippen LogP contribution is 2.21. The number of Topliss-reactive ketones (excluding diaryl/α,β-unsaturated/α-hetero) is 1. The van der Waals surface area contributed by atoms with E-state index in [2.05, 4.69) is 27.9 Å². The van der Waals surface area contributed by atoms with Gasteiger partial charge in [0.1, 0.15) is 11.8 Å². The zero-order chi connectivity index (χ0) is 24.7. The lowest BCUT2D eigenvalue weighted by molar-refractivity contribution is -0.124. The predicted molar refractivity (Wildman–Crippen MR) is 141 cm³/mol. The van der Waals surface area contributed by atoms with Crippen LogP contribution in [0.25, 0.3) is 0 Å². The van der Waals surface area contributed by atoms with Crippen molar-refractivity contribution in [3.05, 3.63) is 93.6 Å². The summed E-state index contributed by atoms with van der Waals surface area (Å²) in [5.41, 5.74) is 1.90. The van der Waals surface area contributed by atoms with Gasteiger partial charge in [-0.05, 0) is 78.4 Å². The first-order valence-corrected chi connectivity index (χ1v) is 12.0. The number of anilines is 1. The van der Waals surface area contributed by atoms with Gasteiger partial charge < -0.3 is 15.0 Å². The second-order valence-corrected chi connectivity index (χ2v) is 9.20. The molecule has 0 radical (unpaired) electrons. The van der Waals surface area contributed by atoms with Gasteiger partial charge in [0, 0.05) is 22.7 Å². The fourth-order valence-electron chi connectivity index (χ4n) is 3.37. The minimum atomic E-state index is -0.759. The van der Waals surface area contributed by atoms with E-state index in [0.717, 1.165) is 14.8 Å². The Kier molecular flexibility index (Phi) is 8.81. The van der Waals surface area contributed by atoms with Crippen molar-refractivity contribution >= 4 is 45.9 Å². The van der Waals surface area contributed by atoms with E-state index in [4.69, 9.17) is 4.74 Å². The molecule has 6 nitrogen and oxygen atoms in total. The number of hydrogen-bond donors (Lipinski definition) is 1. The average Bonchev–Trinajstić information content (AvgIpc) is 2.85. The second-order valence-electron chi connectivity index (χ2n) is 7.95. The lowest BCUT2D eigenvalue weighted by atomic mass is 10.1. The SMILES string of the molecule is C[C@H](Oc1ccccc1C(=O)N[C@H](C)C(=O)N(C)c1ccccc1)C(=O)Cc1ccc(I)cc1. The van der Waals surface area contributed by atoms with Crippen LogP contribution in [-0.4, -0.2) is 36.8 Å². The first kappa shape index (κ1) is 25.4. The lowest BCUT2D eigenvalue weighted by Gasteiger charge is -2.23. The maximum Gasteiger partial charge on any atom is 0.255 e. The maximum atomic E-state index is 13.0. The molecule has 0 saturated carbocycles. The van der Waals surface area contributed by atoms with Crippen molar-refractivity contribution in [2.75, 3.05) is 11.9 Å². The smallest absolute Gasteiger partial charge is 0.255 e. The van der Waals surface area contributed by atoms with Crippen molar-refractivity contribution in [2.45, 2.75) is 32.4 Å². The summed E-state index contributed by atoms with van der Waals surface area (Å²) in [4.78, 5) is 39.9. The summed E-state index contributed by atoms with van der Waals surface area (Å²) in [5.74, 6) is -0.502. The first-order chi connectivity index (χ1) is 16.3. The van der Waals surface area contributed by atoms with E-state index in [1.54, 1.807) is 45.2 Å². The number of amides is 2. The highest BCUT2D eigenvalue weighted by molar-refractivity contribution is 14.1. The van der Waals surface area contributed by atoms with Crippen molar-refractivity contribution in [3.63, 3.8) is 0 Å². The molecule has 2 amide bonds. The molecule has 0 heterocycles. The zero-order valence-corrected chi connectivity index (χ0v) is 21.5. The second kappa shape index (κ2) is 11.8. The van der Waals surface area contributed by atoms with E-state index in [9.17, 15) is 14.4 Å². The molecule has 3 aromatic rings. The van der Waals surface area contributed by atoms with Crippen molar-refractivity contribution in [1.29, 1.82) is 0 Å². The van der Waals surface area contributed by atoms with Crippen LogP contribution in [0.15, 0.2) is 78.9 Å². The normalized spacial score (nSPS) is 12.4. The van der Waals surface area contributed by atoms with Crippen LogP contribution in [0, 0.1) is 3.57 Å². The fourth-order valence-corrected chi connectivity index (χ4v) is 3.73. The van der Waals surface area contributed by atoms with Gasteiger partial charge in [0.15, 0.2) is 11.9 Å². The van der Waals surface area contributed by atoms with Gasteiger partial charge in [-0.25, -0.2) is 0 Å². The molecule has 34 heavy (non-hydrogen) atoms. The number of para-hydroxylation sites is 2. The number of halogens is 1. The number of rotatable bonds is 9. The number of carbonyl (C=O) groups is 3. The summed E-state index contributed by atoms with van der Waals surface area (Å²) >= 11 is 2.22. The fraction of sp³-hybridized carbons (Fsp3) is 0.222. The van der Waals surface area contributed by atoms with Crippen LogP contribution in [0.1, 0.15) is 29.8 Å². The molecule has 0 aliphatic rings. The van der Waals surface area contributed by atoms with Crippen LogP contribution < -0.4 is 15.0 Å². The minimum Gasteiger partial charge on any atom is -0.482 e. The summed E-state index contributed by atoms with van der Waals surface area (Å²) in [6.07, 6.45) is -0.499. The van der Waals surface area contributed by atoms with Gasteiger partial charge >= 0.3 is 0 Å². The third-order valence-electron chi connectivity index (χ3n) is 5.37. The quantitative estimate of drug-likeness (QED) is 0.380. The monoisotopic (exact) mass is 570 g/mol. The van der Waals surface area contributed by atoms with Crippen LogP contribution in [0.3, 0.4) is 0 Å². The summed E-state index contributed by atoms with van der Waals surface area (Å²) in [7, 11) is 1.66. The highest BCUT2D eigenvalue weighted by Gasteiger charge is 2.24. The number of carbonyl (C=O) groups excluding carboxylic acids is 3. The van der Waals surface area contributed by atoms with Crippen molar-refractivity contribution in [3.8, 4) is 5.75 Å². The van der Waals surface area contributed by atoms with E-state index in [1.807, 2.05) is 54.6 Å². The Morgan fingerprint density at radius 2 is 1.53 bits per heavy atom. The molecule has 0 unspecified atom stereocenters. The van der Waals surface area contributed by atoms with Gasteiger partial charge in [0.25, 0.3) is 5.91 Å². The van der Waals surface area contributed by atoms with E-state index in [0.29, 0.717) is 5.75 Å². The molecule has 7 heteroatoms. The van der Waals surface area contributed by atoms with Gasteiger partial charge in [-0.1, -0.05) is 42.5 Å². The van der Waals surface area contributed by atoms with Crippen LogP contribution in [0.5, 0.6) is 5.75 Å². The zero-order valence-electron chi connectivity index (χ0n) is 19.3. The van der Waals surface area contributed by atoms with E-state index < -0.39 is 18.1 Å². The van der Waals surface area contributed by atoms with Crippen LogP contribution in [0.4, 0.5) is 5.69 Å². The average molecular weight is 570 g/mol. The maximum absolute atomic E-state index is 13.0. The van der Waals surface area contributed by atoms with E-state index >= 15 is 0 Å². The summed E-state index contributed by atoms with van der Waals surface area (Å²) in [6.45, 7) is 3.31. The van der Waals surface area contributed by atoms with Crippen molar-refractivity contribution in [2.24, 2.45) is 0 Å². The van der Waals surface area contributed by atoms with Crippen LogP contribution >= 0.6 is 22.6 Å². The number of nitrogens with zero attached hydrogens (tertiary/aromatic N) is 1. The molecular formula is C27H27IN2O4. The highest BCUT2D eigenvalue weighted by atomic mass is 127. The Bertz CT molecular complexity index is 1150. The predicted octanol–water partition coefficient (Wildman–Crippen LogP) is 4.65. The Hall–Kier alpha value is -3.20. The molecule has 0 bridgehead atoms. The number of nitrogens with one attached hydrogen (secondary N) is 1. The molecule has 3 rings (SSSR count). The number of ketones is 1. The molecule has 0 saturated heterocycles. The molecule has 0 fully saturated rings. The van der Waals surface area contributed by atoms with Crippen molar-refractivity contribution in [1.82, 2.24) is 5.32 Å². The molecule has 0 aliphatic heterocycles. The number of ether oxygens (including phenoxy) is 1. The topological polar surface area (TPSA) is 75.7 Å². The number of hydrogen-bond acceptors (Lipinski definition) is 4. The number of likely N-dealkylation sites (N-methyl/N-ethyl adjacent to an activating group) is 1. The van der Waals surface area contributed by atoms with Crippen LogP contribution in [0.2, 0.25) is 0 Å². The molecule has 0 aromatic heterocycles. The number of benzene rings is 3. The van der Waals surface area contributed by atoms with Gasteiger partial charge in [-0.15, -0.1) is 0 Å². The van der Waals surface area contributed by atoms with Crippen molar-refractivity contribution < 1.29 is 19.1 Å². The molecule has 176 valence electrons. The first-order valence-electron chi connectivity index (χ1n) is 10.9. The third-order valence-corrected chi connectivity index (χ3v) is 6.09. The largest absolute Gasteiger partial charge is 0.482 e. The summed E-state index contributed by atoms with van der Waals surface area (Å²) in [5, 5.41) is 2.74. The molecule has 2 atom stereocenters. The third kappa shape index (κ3) is 6.66. The molecule has 0 spiro atoms. The Morgan fingerprint density at radius 3 is 2.21 bits per heavy atom. The Labute approximate surface area is 213 Å². The van der Waals surface area contributed by atoms with Crippen LogP contribution in [-0.2, 0) is 16.0 Å². The van der Waals surface area contributed by atoms with Gasteiger partial charge in [0.05, 0.1) is 5.56 Å². The molecular weight excluding hydrogens is 543 g/mol. The van der Waals surface area contributed by atoms with E-state index in [1.165, 1.54) is 4.90 Å². The molecule has 1 N–H and O–H groups in total.